The van der Waals surface area contributed by atoms with E-state index in [1.54, 1.807) is 0 Å². The van der Waals surface area contributed by atoms with Crippen molar-refractivity contribution in [1.29, 1.82) is 0 Å². The molecule has 0 aliphatic carbocycles. The highest BCUT2D eigenvalue weighted by atomic mass is 127. The van der Waals surface area contributed by atoms with Crippen LogP contribution >= 0.6 is 22.6 Å². The molecule has 17 heavy (non-hydrogen) atoms. The lowest BCUT2D eigenvalue weighted by Gasteiger charge is -2.12. The lowest BCUT2D eigenvalue weighted by molar-refractivity contribution is 0.713. The Balaban J connectivity index is 2.65. The van der Waals surface area contributed by atoms with Gasteiger partial charge in [0.25, 0.3) is 0 Å². The van der Waals surface area contributed by atoms with Crippen LogP contribution in [0.3, 0.4) is 0 Å². The van der Waals surface area contributed by atoms with Crippen LogP contribution in [0.1, 0.15) is 31.0 Å². The molecule has 2 rings (SSSR count). The van der Waals surface area contributed by atoms with Crippen molar-refractivity contribution in [2.75, 3.05) is 5.73 Å². The minimum absolute atomic E-state index is 0.294. The molecule has 0 amide bonds. The van der Waals surface area contributed by atoms with Gasteiger partial charge < -0.3 is 5.73 Å². The summed E-state index contributed by atoms with van der Waals surface area (Å²) in [5.41, 5.74) is 9.08. The van der Waals surface area contributed by atoms with Gasteiger partial charge in [0, 0.05) is 3.57 Å². The van der Waals surface area contributed by atoms with Gasteiger partial charge in [0.05, 0.1) is 11.4 Å². The van der Waals surface area contributed by atoms with Crippen molar-refractivity contribution in [1.82, 2.24) is 15.0 Å². The second-order valence-corrected chi connectivity index (χ2v) is 5.47. The van der Waals surface area contributed by atoms with Crippen molar-refractivity contribution in [2.24, 2.45) is 0 Å². The number of anilines is 1. The number of hydrogen-bond donors (Lipinski definition) is 1. The zero-order chi connectivity index (χ0) is 12.6. The highest BCUT2D eigenvalue weighted by Crippen LogP contribution is 2.26. The molecule has 0 unspecified atom stereocenters. The number of nitrogen functional groups attached to an aromatic ring is 1. The summed E-state index contributed by atoms with van der Waals surface area (Å²) in [6.07, 6.45) is 0. The highest BCUT2D eigenvalue weighted by molar-refractivity contribution is 14.1. The summed E-state index contributed by atoms with van der Waals surface area (Å²) in [5.74, 6) is 0.806. The zero-order valence-corrected chi connectivity index (χ0v) is 12.3. The molecule has 2 N–H and O–H groups in total. The Morgan fingerprint density at radius 1 is 1.35 bits per heavy atom. The number of hydrogen-bond acceptors (Lipinski definition) is 3. The molecule has 1 aromatic carbocycles. The number of nitrogens with zero attached hydrogens (tertiary/aromatic N) is 3. The van der Waals surface area contributed by atoms with Gasteiger partial charge in [-0.1, -0.05) is 25.1 Å². The lowest BCUT2D eigenvalue weighted by Crippen LogP contribution is -2.07. The van der Waals surface area contributed by atoms with Gasteiger partial charge in [-0.2, -0.15) is 0 Å². The van der Waals surface area contributed by atoms with Crippen LogP contribution in [-0.4, -0.2) is 15.0 Å². The molecule has 0 aliphatic rings. The molecule has 5 heteroatoms. The fraction of sp³-hybridized carbons (Fsp3) is 0.333. The summed E-state index contributed by atoms with van der Waals surface area (Å²) in [6.45, 7) is 6.27. The second-order valence-electron chi connectivity index (χ2n) is 4.31. The first-order valence-corrected chi connectivity index (χ1v) is 6.56. The first-order valence-electron chi connectivity index (χ1n) is 5.49. The largest absolute Gasteiger partial charge is 0.381 e. The Morgan fingerprint density at radius 3 is 2.71 bits per heavy atom. The van der Waals surface area contributed by atoms with Gasteiger partial charge in [0.1, 0.15) is 0 Å². The fourth-order valence-electron chi connectivity index (χ4n) is 1.84. The van der Waals surface area contributed by atoms with Crippen LogP contribution in [0.15, 0.2) is 18.2 Å². The maximum atomic E-state index is 5.87. The van der Waals surface area contributed by atoms with Crippen LogP contribution < -0.4 is 5.73 Å². The molecule has 4 nitrogen and oxygen atoms in total. The van der Waals surface area contributed by atoms with Gasteiger partial charge in [-0.15, -0.1) is 5.10 Å². The van der Waals surface area contributed by atoms with Gasteiger partial charge >= 0.3 is 0 Å². The number of nitrogens with two attached hydrogens (primary N) is 1. The van der Waals surface area contributed by atoms with Crippen LogP contribution in [0.5, 0.6) is 0 Å². The summed E-state index contributed by atoms with van der Waals surface area (Å²) in [5, 5.41) is 8.12. The van der Waals surface area contributed by atoms with Gasteiger partial charge in [0.15, 0.2) is 5.82 Å². The highest BCUT2D eigenvalue weighted by Gasteiger charge is 2.16. The molecule has 90 valence electrons. The molecule has 0 bridgehead atoms. The SMILES string of the molecule is Cc1c(I)cccc1-n1nnc(N)c1C(C)C. The molecule has 0 saturated carbocycles. The average Bonchev–Trinajstić information content (AvgIpc) is 2.64. The van der Waals surface area contributed by atoms with Gasteiger partial charge in [-0.25, -0.2) is 4.68 Å². The van der Waals surface area contributed by atoms with E-state index in [4.69, 9.17) is 5.73 Å². The Hall–Kier alpha value is -1.11. The normalized spacial score (nSPS) is 11.1. The van der Waals surface area contributed by atoms with E-state index in [0.717, 1.165) is 11.4 Å². The third-order valence-corrected chi connectivity index (χ3v) is 3.92. The van der Waals surface area contributed by atoms with Crippen LogP contribution in [0.25, 0.3) is 5.69 Å². The quantitative estimate of drug-likeness (QED) is 0.854. The summed E-state index contributed by atoms with van der Waals surface area (Å²) in [7, 11) is 0. The van der Waals surface area contributed by atoms with Crippen molar-refractivity contribution in [3.8, 4) is 5.69 Å². The molecular weight excluding hydrogens is 327 g/mol. The Labute approximate surface area is 114 Å². The Morgan fingerprint density at radius 2 is 2.06 bits per heavy atom. The lowest BCUT2D eigenvalue weighted by atomic mass is 10.1. The van der Waals surface area contributed by atoms with Crippen molar-refractivity contribution in [3.63, 3.8) is 0 Å². The van der Waals surface area contributed by atoms with E-state index < -0.39 is 0 Å². The van der Waals surface area contributed by atoms with Crippen molar-refractivity contribution in [3.05, 3.63) is 33.0 Å². The summed E-state index contributed by atoms with van der Waals surface area (Å²) in [4.78, 5) is 0. The van der Waals surface area contributed by atoms with Crippen molar-refractivity contribution >= 4 is 28.4 Å². The minimum atomic E-state index is 0.294. The second kappa shape index (κ2) is 4.64. The molecule has 2 aromatic rings. The van der Waals surface area contributed by atoms with E-state index in [0.29, 0.717) is 11.7 Å². The third-order valence-electron chi connectivity index (χ3n) is 2.75. The molecule has 0 fully saturated rings. The van der Waals surface area contributed by atoms with Gasteiger partial charge in [-0.3, -0.25) is 0 Å². The maximum Gasteiger partial charge on any atom is 0.169 e. The van der Waals surface area contributed by atoms with Crippen LogP contribution in [-0.2, 0) is 0 Å². The van der Waals surface area contributed by atoms with Crippen LogP contribution in [0, 0.1) is 10.5 Å². The van der Waals surface area contributed by atoms with E-state index >= 15 is 0 Å². The summed E-state index contributed by atoms with van der Waals surface area (Å²) in [6, 6.07) is 6.14. The van der Waals surface area contributed by atoms with Crippen molar-refractivity contribution in [2.45, 2.75) is 26.7 Å². The van der Waals surface area contributed by atoms with Crippen LogP contribution in [0.2, 0.25) is 0 Å². The van der Waals surface area contributed by atoms with Gasteiger partial charge in [-0.05, 0) is 53.1 Å². The molecule has 0 atom stereocenters. The van der Waals surface area contributed by atoms with E-state index in [2.05, 4.69) is 59.7 Å². The molecule has 1 heterocycles. The number of rotatable bonds is 2. The number of benzene rings is 1. The molecule has 0 aliphatic heterocycles. The van der Waals surface area contributed by atoms with E-state index in [-0.39, 0.29) is 0 Å². The Bertz CT molecular complexity index is 545. The molecule has 1 aromatic heterocycles. The molecule has 0 radical (unpaired) electrons. The standard InChI is InChI=1S/C12H15IN4/c1-7(2)11-12(14)15-16-17(11)10-6-4-5-9(13)8(10)3/h4-7H,14H2,1-3H3. The number of aromatic nitrogens is 3. The predicted octanol–water partition coefficient (Wildman–Crippen LogP) is 2.89. The van der Waals surface area contributed by atoms with E-state index in [1.807, 2.05) is 16.8 Å². The minimum Gasteiger partial charge on any atom is -0.381 e. The molecule has 0 saturated heterocycles. The average molecular weight is 342 g/mol. The first kappa shape index (κ1) is 12.3. The summed E-state index contributed by atoms with van der Waals surface area (Å²) >= 11 is 2.32. The Kier molecular flexibility index (Phi) is 3.37. The number of halogens is 1. The molecule has 0 spiro atoms. The smallest absolute Gasteiger partial charge is 0.169 e. The van der Waals surface area contributed by atoms with E-state index in [1.165, 1.54) is 9.13 Å². The third kappa shape index (κ3) is 2.15. The monoisotopic (exact) mass is 342 g/mol. The zero-order valence-electron chi connectivity index (χ0n) is 10.1. The maximum absolute atomic E-state index is 5.87. The van der Waals surface area contributed by atoms with Crippen LogP contribution in [0.4, 0.5) is 5.82 Å². The molecular formula is C12H15IN4. The topological polar surface area (TPSA) is 56.7 Å². The van der Waals surface area contributed by atoms with Gasteiger partial charge in [0.2, 0.25) is 0 Å². The fourth-order valence-corrected chi connectivity index (χ4v) is 2.33. The first-order chi connectivity index (χ1) is 8.02. The predicted molar refractivity (Wildman–Crippen MR) is 77.3 cm³/mol. The van der Waals surface area contributed by atoms with E-state index in [9.17, 15) is 0 Å². The summed E-state index contributed by atoms with van der Waals surface area (Å²) < 4.78 is 3.06. The van der Waals surface area contributed by atoms with Crippen molar-refractivity contribution < 1.29 is 0 Å².